The van der Waals surface area contributed by atoms with Crippen LogP contribution in [-0.2, 0) is 6.54 Å². The van der Waals surface area contributed by atoms with Crippen molar-refractivity contribution < 1.29 is 0 Å². The number of hydrogen-bond acceptors (Lipinski definition) is 1. The fourth-order valence-electron chi connectivity index (χ4n) is 2.04. The second-order valence-corrected chi connectivity index (χ2v) is 4.69. The van der Waals surface area contributed by atoms with Crippen LogP contribution in [-0.4, -0.2) is 0 Å². The van der Waals surface area contributed by atoms with Gasteiger partial charge in [0.25, 0.3) is 0 Å². The van der Waals surface area contributed by atoms with Gasteiger partial charge < -0.3 is 5.73 Å². The molecule has 0 saturated carbocycles. The number of halogens is 1. The highest BCUT2D eigenvalue weighted by Crippen LogP contribution is 2.30. The van der Waals surface area contributed by atoms with E-state index in [2.05, 4.69) is 32.0 Å². The van der Waals surface area contributed by atoms with E-state index < -0.39 is 0 Å². The number of benzene rings is 2. The van der Waals surface area contributed by atoms with Gasteiger partial charge in [0.05, 0.1) is 0 Å². The lowest BCUT2D eigenvalue weighted by atomic mass is 9.94. The highest BCUT2D eigenvalue weighted by atomic mass is 35.5. The Labute approximate surface area is 107 Å². The average Bonchev–Trinajstić information content (AvgIpc) is 2.33. The molecule has 2 rings (SSSR count). The van der Waals surface area contributed by atoms with Gasteiger partial charge in [0, 0.05) is 11.6 Å². The third-order valence-corrected chi connectivity index (χ3v) is 3.42. The van der Waals surface area contributed by atoms with Crippen molar-refractivity contribution in [3.8, 4) is 11.1 Å². The highest BCUT2D eigenvalue weighted by Gasteiger charge is 2.08. The van der Waals surface area contributed by atoms with E-state index in [1.54, 1.807) is 0 Å². The molecule has 0 saturated heterocycles. The van der Waals surface area contributed by atoms with E-state index in [1.165, 1.54) is 22.3 Å². The summed E-state index contributed by atoms with van der Waals surface area (Å²) in [7, 11) is 0. The van der Waals surface area contributed by atoms with Crippen LogP contribution in [0.1, 0.15) is 16.7 Å². The fourth-order valence-corrected chi connectivity index (χ4v) is 2.23. The van der Waals surface area contributed by atoms with Crippen LogP contribution >= 0.6 is 11.6 Å². The molecule has 0 fully saturated rings. The third-order valence-electron chi connectivity index (χ3n) is 3.18. The number of rotatable bonds is 2. The van der Waals surface area contributed by atoms with Gasteiger partial charge in [-0.25, -0.2) is 0 Å². The molecule has 1 nitrogen and oxygen atoms in total. The van der Waals surface area contributed by atoms with Crippen LogP contribution < -0.4 is 5.73 Å². The summed E-state index contributed by atoms with van der Waals surface area (Å²) in [5, 5.41) is 0.736. The van der Waals surface area contributed by atoms with Gasteiger partial charge in [-0.15, -0.1) is 0 Å². The maximum Gasteiger partial charge on any atom is 0.0409 e. The molecule has 0 aliphatic carbocycles. The Balaban J connectivity index is 2.64. The van der Waals surface area contributed by atoms with Crippen LogP contribution in [0.4, 0.5) is 0 Å². The number of nitrogens with two attached hydrogens (primary N) is 1. The normalized spacial score (nSPS) is 10.6. The SMILES string of the molecule is Cc1cccc(-c2ccc(Cl)cc2CN)c1C. The van der Waals surface area contributed by atoms with Crippen molar-refractivity contribution in [3.63, 3.8) is 0 Å². The van der Waals surface area contributed by atoms with E-state index in [9.17, 15) is 0 Å². The molecule has 17 heavy (non-hydrogen) atoms. The molecule has 2 heteroatoms. The Hall–Kier alpha value is -1.31. The minimum Gasteiger partial charge on any atom is -0.326 e. The van der Waals surface area contributed by atoms with Gasteiger partial charge in [-0.3, -0.25) is 0 Å². The summed E-state index contributed by atoms with van der Waals surface area (Å²) < 4.78 is 0. The van der Waals surface area contributed by atoms with Crippen LogP contribution in [0.15, 0.2) is 36.4 Å². The maximum atomic E-state index is 6.00. The van der Waals surface area contributed by atoms with Gasteiger partial charge in [-0.1, -0.05) is 35.9 Å². The number of aryl methyl sites for hydroxylation is 1. The van der Waals surface area contributed by atoms with Gasteiger partial charge in [0.2, 0.25) is 0 Å². The topological polar surface area (TPSA) is 26.0 Å². The first-order chi connectivity index (χ1) is 8.13. The van der Waals surface area contributed by atoms with Crippen LogP contribution in [0.5, 0.6) is 0 Å². The van der Waals surface area contributed by atoms with Crippen molar-refractivity contribution in [1.29, 1.82) is 0 Å². The zero-order chi connectivity index (χ0) is 12.4. The molecular weight excluding hydrogens is 230 g/mol. The molecule has 88 valence electrons. The van der Waals surface area contributed by atoms with Crippen molar-refractivity contribution in [3.05, 3.63) is 58.1 Å². The molecule has 0 radical (unpaired) electrons. The van der Waals surface area contributed by atoms with Crippen LogP contribution in [0, 0.1) is 13.8 Å². The van der Waals surface area contributed by atoms with Crippen molar-refractivity contribution >= 4 is 11.6 Å². The molecule has 0 amide bonds. The molecular formula is C15H16ClN. The lowest BCUT2D eigenvalue weighted by Gasteiger charge is -2.13. The number of hydrogen-bond donors (Lipinski definition) is 1. The molecule has 2 aromatic rings. The fraction of sp³-hybridized carbons (Fsp3) is 0.200. The molecule has 0 unspecified atom stereocenters. The zero-order valence-electron chi connectivity index (χ0n) is 10.1. The van der Waals surface area contributed by atoms with E-state index in [-0.39, 0.29) is 0 Å². The Morgan fingerprint density at radius 2 is 1.82 bits per heavy atom. The lowest BCUT2D eigenvalue weighted by molar-refractivity contribution is 1.07. The quantitative estimate of drug-likeness (QED) is 0.848. The van der Waals surface area contributed by atoms with E-state index >= 15 is 0 Å². The Bertz CT molecular complexity index is 547. The molecule has 2 N–H and O–H groups in total. The van der Waals surface area contributed by atoms with Crippen LogP contribution in [0.25, 0.3) is 11.1 Å². The summed E-state index contributed by atoms with van der Waals surface area (Å²) in [5.41, 5.74) is 11.9. The average molecular weight is 246 g/mol. The molecule has 0 aliphatic heterocycles. The maximum absolute atomic E-state index is 6.00. The monoisotopic (exact) mass is 245 g/mol. The van der Waals surface area contributed by atoms with Crippen molar-refractivity contribution in [2.24, 2.45) is 5.73 Å². The summed E-state index contributed by atoms with van der Waals surface area (Å²) in [6.07, 6.45) is 0. The summed E-state index contributed by atoms with van der Waals surface area (Å²) in [4.78, 5) is 0. The lowest BCUT2D eigenvalue weighted by Crippen LogP contribution is -2.00. The molecule has 0 heterocycles. The van der Waals surface area contributed by atoms with E-state index in [4.69, 9.17) is 17.3 Å². The van der Waals surface area contributed by atoms with Crippen molar-refractivity contribution in [2.45, 2.75) is 20.4 Å². The second kappa shape index (κ2) is 4.91. The summed E-state index contributed by atoms with van der Waals surface area (Å²) >= 11 is 6.00. The van der Waals surface area contributed by atoms with Crippen LogP contribution in [0.2, 0.25) is 5.02 Å². The Morgan fingerprint density at radius 1 is 1.06 bits per heavy atom. The molecule has 0 atom stereocenters. The smallest absolute Gasteiger partial charge is 0.0409 e. The third kappa shape index (κ3) is 2.36. The summed E-state index contributed by atoms with van der Waals surface area (Å²) in [6.45, 7) is 4.76. The first-order valence-electron chi connectivity index (χ1n) is 5.68. The van der Waals surface area contributed by atoms with Crippen LogP contribution in [0.3, 0.4) is 0 Å². The van der Waals surface area contributed by atoms with Gasteiger partial charge in [-0.2, -0.15) is 0 Å². The standard InChI is InChI=1S/C15H16ClN/c1-10-4-3-5-14(11(10)2)15-7-6-13(16)8-12(15)9-17/h3-8H,9,17H2,1-2H3. The Kier molecular flexibility index (Phi) is 3.51. The Morgan fingerprint density at radius 3 is 2.53 bits per heavy atom. The predicted octanol–water partition coefficient (Wildman–Crippen LogP) is 4.08. The van der Waals surface area contributed by atoms with E-state index in [1.807, 2.05) is 18.2 Å². The van der Waals surface area contributed by atoms with Gasteiger partial charge in [0.15, 0.2) is 0 Å². The molecule has 2 aromatic carbocycles. The minimum absolute atomic E-state index is 0.503. The van der Waals surface area contributed by atoms with E-state index in [0.717, 1.165) is 10.6 Å². The zero-order valence-corrected chi connectivity index (χ0v) is 10.9. The minimum atomic E-state index is 0.503. The predicted molar refractivity (Wildman–Crippen MR) is 74.3 cm³/mol. The van der Waals surface area contributed by atoms with Crippen molar-refractivity contribution in [2.75, 3.05) is 0 Å². The molecule has 0 aliphatic rings. The molecule has 0 spiro atoms. The summed E-state index contributed by atoms with van der Waals surface area (Å²) in [5.74, 6) is 0. The first-order valence-corrected chi connectivity index (χ1v) is 6.06. The van der Waals surface area contributed by atoms with Gasteiger partial charge in [0.1, 0.15) is 0 Å². The molecule has 0 aromatic heterocycles. The van der Waals surface area contributed by atoms with E-state index in [0.29, 0.717) is 6.54 Å². The van der Waals surface area contributed by atoms with Gasteiger partial charge in [-0.05, 0) is 53.8 Å². The van der Waals surface area contributed by atoms with Gasteiger partial charge >= 0.3 is 0 Å². The second-order valence-electron chi connectivity index (χ2n) is 4.25. The first kappa shape index (κ1) is 12.2. The summed E-state index contributed by atoms with van der Waals surface area (Å²) in [6, 6.07) is 12.2. The van der Waals surface area contributed by atoms with Crippen molar-refractivity contribution in [1.82, 2.24) is 0 Å². The molecule has 0 bridgehead atoms. The largest absolute Gasteiger partial charge is 0.326 e. The highest BCUT2D eigenvalue weighted by molar-refractivity contribution is 6.30.